The van der Waals surface area contributed by atoms with Crippen LogP contribution in [-0.2, 0) is 6.18 Å². The third-order valence-electron chi connectivity index (χ3n) is 2.96. The monoisotopic (exact) mass is 454 g/mol. The highest BCUT2D eigenvalue weighted by molar-refractivity contribution is 9.10. The number of urea groups is 1. The van der Waals surface area contributed by atoms with Gasteiger partial charge in [0.15, 0.2) is 0 Å². The largest absolute Gasteiger partial charge is 0.417 e. The maximum atomic E-state index is 12.9. The Morgan fingerprint density at radius 3 is 2.28 bits per heavy atom. The number of carbonyl (C=O) groups is 2. The topological polar surface area (TPSA) is 58.2 Å². The summed E-state index contributed by atoms with van der Waals surface area (Å²) in [5.74, 6) is -0.802. The summed E-state index contributed by atoms with van der Waals surface area (Å²) in [6.07, 6.45) is -4.70. The third kappa shape index (κ3) is 4.87. The van der Waals surface area contributed by atoms with Crippen LogP contribution in [0.5, 0.6) is 0 Å². The smallest absolute Gasteiger partial charge is 0.307 e. The van der Waals surface area contributed by atoms with Gasteiger partial charge in [-0.25, -0.2) is 4.79 Å². The normalized spacial score (nSPS) is 11.1. The number of alkyl halides is 3. The van der Waals surface area contributed by atoms with Gasteiger partial charge in [0.1, 0.15) is 0 Å². The standard InChI is InChI=1S/C15H8BrCl2F3N2O2/c16-9-6-11(18)8(15(19,20)21)5-12(9)22-14(25)23-13(24)7-3-1-2-4-10(7)17/h1-6H,(H2,22,23,24,25). The molecule has 0 bridgehead atoms. The van der Waals surface area contributed by atoms with Gasteiger partial charge in [-0.15, -0.1) is 0 Å². The summed E-state index contributed by atoms with van der Waals surface area (Å²) in [5, 5.41) is 3.72. The Labute approximate surface area is 158 Å². The summed E-state index contributed by atoms with van der Waals surface area (Å²) in [6, 6.07) is 6.63. The lowest BCUT2D eigenvalue weighted by Gasteiger charge is -2.14. The zero-order valence-electron chi connectivity index (χ0n) is 12.0. The van der Waals surface area contributed by atoms with Gasteiger partial charge in [-0.3, -0.25) is 10.1 Å². The number of amides is 3. The van der Waals surface area contributed by atoms with E-state index in [9.17, 15) is 22.8 Å². The number of anilines is 1. The predicted octanol–water partition coefficient (Wildman–Crippen LogP) is 5.74. The van der Waals surface area contributed by atoms with Gasteiger partial charge in [-0.05, 0) is 40.2 Å². The number of halogens is 6. The molecule has 25 heavy (non-hydrogen) atoms. The van der Waals surface area contributed by atoms with Gasteiger partial charge < -0.3 is 5.32 Å². The Kier molecular flexibility index (Phi) is 5.97. The van der Waals surface area contributed by atoms with Crippen molar-refractivity contribution >= 4 is 56.8 Å². The zero-order valence-corrected chi connectivity index (χ0v) is 15.1. The van der Waals surface area contributed by atoms with E-state index in [4.69, 9.17) is 23.2 Å². The molecule has 2 aromatic rings. The number of imide groups is 1. The Hall–Kier alpha value is -1.77. The van der Waals surface area contributed by atoms with Gasteiger partial charge >= 0.3 is 12.2 Å². The third-order valence-corrected chi connectivity index (χ3v) is 4.25. The van der Waals surface area contributed by atoms with Crippen molar-refractivity contribution in [3.8, 4) is 0 Å². The summed E-state index contributed by atoms with van der Waals surface area (Å²) in [6.45, 7) is 0. The van der Waals surface area contributed by atoms with Gasteiger partial charge in [-0.2, -0.15) is 13.2 Å². The summed E-state index contributed by atoms with van der Waals surface area (Å²) >= 11 is 14.4. The highest BCUT2D eigenvalue weighted by Gasteiger charge is 2.34. The molecule has 3 amide bonds. The molecule has 0 atom stereocenters. The molecule has 2 N–H and O–H groups in total. The van der Waals surface area contributed by atoms with Crippen LogP contribution in [0, 0.1) is 0 Å². The van der Waals surface area contributed by atoms with Gasteiger partial charge in [-0.1, -0.05) is 35.3 Å². The summed E-state index contributed by atoms with van der Waals surface area (Å²) < 4.78 is 38.7. The molecule has 0 radical (unpaired) electrons. The average Bonchev–Trinajstić information content (AvgIpc) is 2.49. The first-order valence-corrected chi connectivity index (χ1v) is 8.07. The van der Waals surface area contributed by atoms with E-state index in [2.05, 4.69) is 21.2 Å². The van der Waals surface area contributed by atoms with E-state index in [-0.39, 0.29) is 20.7 Å². The molecule has 10 heteroatoms. The molecule has 0 saturated carbocycles. The van der Waals surface area contributed by atoms with E-state index in [1.165, 1.54) is 12.1 Å². The maximum absolute atomic E-state index is 12.9. The molecule has 0 aliphatic heterocycles. The van der Waals surface area contributed by atoms with Crippen molar-refractivity contribution in [2.24, 2.45) is 0 Å². The van der Waals surface area contributed by atoms with E-state index >= 15 is 0 Å². The summed E-state index contributed by atoms with van der Waals surface area (Å²) in [5.41, 5.74) is -1.28. The lowest BCUT2D eigenvalue weighted by Crippen LogP contribution is -2.34. The number of hydrogen-bond donors (Lipinski definition) is 2. The van der Waals surface area contributed by atoms with Crippen molar-refractivity contribution < 1.29 is 22.8 Å². The van der Waals surface area contributed by atoms with E-state index in [0.29, 0.717) is 6.07 Å². The van der Waals surface area contributed by atoms with E-state index in [1.54, 1.807) is 12.1 Å². The average molecular weight is 456 g/mol. The molecule has 132 valence electrons. The van der Waals surface area contributed by atoms with E-state index < -0.39 is 28.7 Å². The molecular weight excluding hydrogens is 448 g/mol. The van der Waals surface area contributed by atoms with Crippen LogP contribution in [0.1, 0.15) is 15.9 Å². The second-order valence-electron chi connectivity index (χ2n) is 4.70. The van der Waals surface area contributed by atoms with Crippen LogP contribution >= 0.6 is 39.1 Å². The molecule has 2 rings (SSSR count). The second kappa shape index (κ2) is 7.63. The quantitative estimate of drug-likeness (QED) is 0.606. The lowest BCUT2D eigenvalue weighted by atomic mass is 10.2. The minimum atomic E-state index is -4.70. The zero-order chi connectivity index (χ0) is 18.8. The maximum Gasteiger partial charge on any atom is 0.417 e. The van der Waals surface area contributed by atoms with Gasteiger partial charge in [0.25, 0.3) is 5.91 Å². The number of carbonyl (C=O) groups excluding carboxylic acids is 2. The first kappa shape index (κ1) is 19.6. The number of nitrogens with one attached hydrogen (secondary N) is 2. The Morgan fingerprint density at radius 1 is 1.04 bits per heavy atom. The minimum absolute atomic E-state index is 0.0467. The first-order valence-electron chi connectivity index (χ1n) is 6.52. The molecule has 0 unspecified atom stereocenters. The van der Waals surface area contributed by atoms with Crippen molar-refractivity contribution in [1.82, 2.24) is 5.32 Å². The van der Waals surface area contributed by atoms with E-state index in [0.717, 1.165) is 6.07 Å². The van der Waals surface area contributed by atoms with Gasteiger partial charge in [0, 0.05) is 4.47 Å². The predicted molar refractivity (Wildman–Crippen MR) is 92.1 cm³/mol. The molecule has 4 nitrogen and oxygen atoms in total. The fourth-order valence-corrected chi connectivity index (χ4v) is 2.90. The first-order chi connectivity index (χ1) is 11.6. The minimum Gasteiger partial charge on any atom is -0.307 e. The van der Waals surface area contributed by atoms with Crippen molar-refractivity contribution in [3.63, 3.8) is 0 Å². The van der Waals surface area contributed by atoms with Crippen LogP contribution in [0.15, 0.2) is 40.9 Å². The van der Waals surface area contributed by atoms with Crippen LogP contribution in [0.2, 0.25) is 10.0 Å². The number of hydrogen-bond acceptors (Lipinski definition) is 2. The summed E-state index contributed by atoms with van der Waals surface area (Å²) in [4.78, 5) is 23.8. The Bertz CT molecular complexity index is 844. The molecule has 0 saturated heterocycles. The molecule has 0 aliphatic carbocycles. The summed E-state index contributed by atoms with van der Waals surface area (Å²) in [7, 11) is 0. The van der Waals surface area contributed by atoms with Crippen LogP contribution < -0.4 is 10.6 Å². The van der Waals surface area contributed by atoms with Gasteiger partial charge in [0.2, 0.25) is 0 Å². The molecule has 0 fully saturated rings. The Morgan fingerprint density at radius 2 is 1.68 bits per heavy atom. The van der Waals surface area contributed by atoms with Crippen LogP contribution in [-0.4, -0.2) is 11.9 Å². The van der Waals surface area contributed by atoms with Crippen molar-refractivity contribution in [2.75, 3.05) is 5.32 Å². The van der Waals surface area contributed by atoms with E-state index in [1.807, 2.05) is 5.32 Å². The highest BCUT2D eigenvalue weighted by atomic mass is 79.9. The second-order valence-corrected chi connectivity index (χ2v) is 6.37. The molecule has 0 heterocycles. The SMILES string of the molecule is O=C(NC(=O)c1ccccc1Cl)Nc1cc(C(F)(F)F)c(Cl)cc1Br. The van der Waals surface area contributed by atoms with Crippen LogP contribution in [0.25, 0.3) is 0 Å². The molecule has 0 aromatic heterocycles. The lowest BCUT2D eigenvalue weighted by molar-refractivity contribution is -0.137. The highest BCUT2D eigenvalue weighted by Crippen LogP contribution is 2.39. The van der Waals surface area contributed by atoms with Crippen molar-refractivity contribution in [1.29, 1.82) is 0 Å². The molecule has 0 aliphatic rings. The van der Waals surface area contributed by atoms with Gasteiger partial charge in [0.05, 0.1) is 26.9 Å². The molecule has 2 aromatic carbocycles. The Balaban J connectivity index is 2.18. The molecule has 0 spiro atoms. The fraction of sp³-hybridized carbons (Fsp3) is 0.0667. The number of benzene rings is 2. The molecular formula is C15H8BrCl2F3N2O2. The van der Waals surface area contributed by atoms with Crippen molar-refractivity contribution in [3.05, 3.63) is 62.0 Å². The van der Waals surface area contributed by atoms with Crippen LogP contribution in [0.3, 0.4) is 0 Å². The fourth-order valence-electron chi connectivity index (χ4n) is 1.83. The van der Waals surface area contributed by atoms with Crippen LogP contribution in [0.4, 0.5) is 23.7 Å². The number of rotatable bonds is 2. The van der Waals surface area contributed by atoms with Crippen molar-refractivity contribution in [2.45, 2.75) is 6.18 Å².